The van der Waals surface area contributed by atoms with Gasteiger partial charge in [0.15, 0.2) is 5.16 Å². The summed E-state index contributed by atoms with van der Waals surface area (Å²) in [4.78, 5) is 25.4. The summed E-state index contributed by atoms with van der Waals surface area (Å²) >= 11 is 1.44. The summed E-state index contributed by atoms with van der Waals surface area (Å²) in [5.41, 5.74) is 4.40. The number of rotatable bonds is 7. The molecule has 0 amide bonds. The van der Waals surface area contributed by atoms with Crippen molar-refractivity contribution in [2.45, 2.75) is 70.3 Å². The van der Waals surface area contributed by atoms with Gasteiger partial charge in [0, 0.05) is 17.8 Å². The smallest absolute Gasteiger partial charge is 0.278 e. The predicted molar refractivity (Wildman–Crippen MR) is 128 cm³/mol. The second kappa shape index (κ2) is 8.94. The average molecular weight is 452 g/mol. The van der Waals surface area contributed by atoms with Gasteiger partial charge in [0.2, 0.25) is 11.7 Å². The van der Waals surface area contributed by atoms with Gasteiger partial charge >= 0.3 is 0 Å². The molecule has 0 spiro atoms. The number of H-pyrrole nitrogens is 1. The number of hydrogen-bond donors (Lipinski definition) is 1. The van der Waals surface area contributed by atoms with Crippen molar-refractivity contribution < 1.29 is 4.52 Å². The molecule has 4 rings (SSSR count). The molecular formula is C24H29N5O2S. The molecule has 0 aliphatic rings. The Morgan fingerprint density at radius 2 is 1.91 bits per heavy atom. The molecule has 1 aromatic carbocycles. The summed E-state index contributed by atoms with van der Waals surface area (Å²) in [7, 11) is 0. The van der Waals surface area contributed by atoms with E-state index in [2.05, 4.69) is 55.0 Å². The van der Waals surface area contributed by atoms with Crippen LogP contribution in [0.5, 0.6) is 0 Å². The highest BCUT2D eigenvalue weighted by Gasteiger charge is 2.17. The maximum absolute atomic E-state index is 13.0. The van der Waals surface area contributed by atoms with Gasteiger partial charge in [-0.3, -0.25) is 9.36 Å². The van der Waals surface area contributed by atoms with Crippen LogP contribution in [0.3, 0.4) is 0 Å². The van der Waals surface area contributed by atoms with Gasteiger partial charge in [-0.25, -0.2) is 4.98 Å². The first-order valence-corrected chi connectivity index (χ1v) is 11.9. The van der Waals surface area contributed by atoms with Gasteiger partial charge in [-0.15, -0.1) is 0 Å². The summed E-state index contributed by atoms with van der Waals surface area (Å²) in [5, 5.41) is 4.81. The Morgan fingerprint density at radius 3 is 2.59 bits per heavy atom. The van der Waals surface area contributed by atoms with Gasteiger partial charge in [0.05, 0.1) is 11.3 Å². The van der Waals surface area contributed by atoms with E-state index in [0.717, 1.165) is 24.1 Å². The summed E-state index contributed by atoms with van der Waals surface area (Å²) in [6.45, 7) is 11.2. The van der Waals surface area contributed by atoms with Crippen molar-refractivity contribution in [2.24, 2.45) is 0 Å². The third kappa shape index (κ3) is 4.65. The fourth-order valence-electron chi connectivity index (χ4n) is 3.51. The number of nitrogens with one attached hydrogen (secondary N) is 1. The van der Waals surface area contributed by atoms with Crippen LogP contribution < -0.4 is 5.56 Å². The minimum absolute atomic E-state index is 0.0378. The van der Waals surface area contributed by atoms with Crippen molar-refractivity contribution in [1.29, 1.82) is 0 Å². The van der Waals surface area contributed by atoms with E-state index in [1.165, 1.54) is 17.3 Å². The zero-order valence-electron chi connectivity index (χ0n) is 19.2. The normalized spacial score (nSPS) is 12.0. The van der Waals surface area contributed by atoms with E-state index in [4.69, 9.17) is 9.51 Å². The molecule has 0 saturated heterocycles. The summed E-state index contributed by atoms with van der Waals surface area (Å²) < 4.78 is 7.22. The van der Waals surface area contributed by atoms with Crippen molar-refractivity contribution in [3.8, 4) is 11.4 Å². The number of hydrogen-bond acceptors (Lipinski definition) is 6. The monoisotopic (exact) mass is 451 g/mol. The fraction of sp³-hybridized carbons (Fsp3) is 0.417. The van der Waals surface area contributed by atoms with Crippen LogP contribution in [0.25, 0.3) is 22.4 Å². The van der Waals surface area contributed by atoms with Gasteiger partial charge in [-0.2, -0.15) is 4.98 Å². The zero-order valence-corrected chi connectivity index (χ0v) is 20.0. The molecule has 1 N–H and O–H groups in total. The highest BCUT2D eigenvalue weighted by atomic mass is 32.2. The lowest BCUT2D eigenvalue weighted by atomic mass is 9.87. The molecule has 0 saturated carbocycles. The van der Waals surface area contributed by atoms with E-state index in [1.807, 2.05) is 25.1 Å². The van der Waals surface area contributed by atoms with Gasteiger partial charge in [0.1, 0.15) is 5.52 Å². The number of aromatic amines is 1. The summed E-state index contributed by atoms with van der Waals surface area (Å²) in [6.07, 6.45) is 1.91. The van der Waals surface area contributed by atoms with Crippen molar-refractivity contribution in [2.75, 3.05) is 0 Å². The van der Waals surface area contributed by atoms with E-state index >= 15 is 0 Å². The topological polar surface area (TPSA) is 89.6 Å². The molecule has 0 radical (unpaired) electrons. The second-order valence-corrected chi connectivity index (χ2v) is 9.99. The first kappa shape index (κ1) is 22.3. The molecular weight excluding hydrogens is 422 g/mol. The molecule has 168 valence electrons. The summed E-state index contributed by atoms with van der Waals surface area (Å²) in [5.74, 6) is 1.52. The number of aromatic nitrogens is 5. The summed E-state index contributed by atoms with van der Waals surface area (Å²) in [6, 6.07) is 10.1. The zero-order chi connectivity index (χ0) is 22.9. The lowest BCUT2D eigenvalue weighted by Crippen LogP contribution is -2.23. The highest BCUT2D eigenvalue weighted by Crippen LogP contribution is 2.26. The lowest BCUT2D eigenvalue weighted by molar-refractivity contribution is 0.391. The van der Waals surface area contributed by atoms with Crippen molar-refractivity contribution in [1.82, 2.24) is 24.7 Å². The Hall–Kier alpha value is -2.87. The van der Waals surface area contributed by atoms with Crippen molar-refractivity contribution in [3.63, 3.8) is 0 Å². The Kier molecular flexibility index (Phi) is 6.24. The van der Waals surface area contributed by atoms with Crippen LogP contribution in [0.2, 0.25) is 0 Å². The molecule has 0 aliphatic carbocycles. The number of aryl methyl sites for hydroxylation is 1. The molecule has 0 bridgehead atoms. The average Bonchev–Trinajstić information content (AvgIpc) is 3.37. The molecule has 0 unspecified atom stereocenters. The standard InChI is InChI=1S/C24H29N5O2S/c1-6-7-12-29-22(30)20-18(13-15(2)25-20)26-23(29)32-14-19-27-21(28-31-19)16-8-10-17(11-9-16)24(3,4)5/h8-11,13,25H,6-7,12,14H2,1-5H3. The highest BCUT2D eigenvalue weighted by molar-refractivity contribution is 7.98. The number of fused-ring (bicyclic) bond motifs is 1. The van der Waals surface area contributed by atoms with Crippen LogP contribution in [0.1, 0.15) is 57.7 Å². The third-order valence-corrected chi connectivity index (χ3v) is 6.34. The number of benzene rings is 1. The van der Waals surface area contributed by atoms with Crippen LogP contribution in [0.4, 0.5) is 0 Å². The van der Waals surface area contributed by atoms with E-state index in [-0.39, 0.29) is 11.0 Å². The number of thioether (sulfide) groups is 1. The molecule has 0 aliphatic heterocycles. The maximum Gasteiger partial charge on any atom is 0.278 e. The minimum atomic E-state index is -0.0378. The van der Waals surface area contributed by atoms with Crippen molar-refractivity contribution >= 4 is 22.8 Å². The minimum Gasteiger partial charge on any atom is -0.353 e. The van der Waals surface area contributed by atoms with Gasteiger partial charge < -0.3 is 9.51 Å². The van der Waals surface area contributed by atoms with Crippen LogP contribution >= 0.6 is 11.8 Å². The first-order chi connectivity index (χ1) is 15.3. The third-order valence-electron chi connectivity index (χ3n) is 5.37. The fourth-order valence-corrected chi connectivity index (χ4v) is 4.37. The van der Waals surface area contributed by atoms with E-state index in [0.29, 0.717) is 40.2 Å². The molecule has 32 heavy (non-hydrogen) atoms. The molecule has 3 heterocycles. The Labute approximate surface area is 191 Å². The van der Waals surface area contributed by atoms with Crippen LogP contribution in [-0.2, 0) is 17.7 Å². The molecule has 4 aromatic rings. The van der Waals surface area contributed by atoms with E-state index < -0.39 is 0 Å². The van der Waals surface area contributed by atoms with Crippen LogP contribution in [-0.4, -0.2) is 24.7 Å². The Morgan fingerprint density at radius 1 is 1.16 bits per heavy atom. The van der Waals surface area contributed by atoms with Crippen LogP contribution in [0.15, 0.2) is 44.8 Å². The molecule has 3 aromatic heterocycles. The largest absolute Gasteiger partial charge is 0.353 e. The molecule has 8 heteroatoms. The second-order valence-electron chi connectivity index (χ2n) is 9.05. The SMILES string of the molecule is CCCCn1c(SCc2nc(-c3ccc(C(C)(C)C)cc3)no2)nc2cc(C)[nH]c2c1=O. The van der Waals surface area contributed by atoms with Gasteiger partial charge in [0.25, 0.3) is 5.56 Å². The van der Waals surface area contributed by atoms with E-state index in [1.54, 1.807) is 4.57 Å². The van der Waals surface area contributed by atoms with Gasteiger partial charge in [-0.05, 0) is 30.4 Å². The Bertz CT molecular complexity index is 1280. The maximum atomic E-state index is 13.0. The first-order valence-electron chi connectivity index (χ1n) is 10.9. The molecule has 0 atom stereocenters. The number of nitrogens with zero attached hydrogens (tertiary/aromatic N) is 4. The van der Waals surface area contributed by atoms with E-state index in [9.17, 15) is 4.79 Å². The van der Waals surface area contributed by atoms with Crippen molar-refractivity contribution in [3.05, 3.63) is 57.8 Å². The quantitative estimate of drug-likeness (QED) is 0.296. The predicted octanol–water partition coefficient (Wildman–Crippen LogP) is 5.47. The van der Waals surface area contributed by atoms with Gasteiger partial charge in [-0.1, -0.05) is 75.3 Å². The number of unbranched alkanes of at least 4 members (excludes halogenated alkanes) is 1. The Balaban J connectivity index is 1.55. The molecule has 0 fully saturated rings. The molecule has 7 nitrogen and oxygen atoms in total. The van der Waals surface area contributed by atoms with Crippen LogP contribution in [0, 0.1) is 6.92 Å². The lowest BCUT2D eigenvalue weighted by Gasteiger charge is -2.18.